The van der Waals surface area contributed by atoms with Crippen LogP contribution in [0.3, 0.4) is 0 Å². The smallest absolute Gasteiger partial charge is 0.407 e. The number of aromatic amines is 2. The van der Waals surface area contributed by atoms with Crippen molar-refractivity contribution in [1.29, 1.82) is 0 Å². The molecule has 0 spiro atoms. The number of carboxylic acid groups (broad SMARTS) is 1. The van der Waals surface area contributed by atoms with E-state index < -0.39 is 24.3 Å². The highest BCUT2D eigenvalue weighted by Gasteiger charge is 2.39. The third-order valence-corrected chi connectivity index (χ3v) is 9.94. The maximum Gasteiger partial charge on any atom is 0.407 e. The van der Waals surface area contributed by atoms with Gasteiger partial charge in [0.05, 0.1) is 35.9 Å². The molecule has 2 fully saturated rings. The minimum atomic E-state index is -1.22. The Bertz CT molecular complexity index is 2040. The summed E-state index contributed by atoms with van der Waals surface area (Å²) in [6.07, 6.45) is 3.12. The van der Waals surface area contributed by atoms with Gasteiger partial charge >= 0.3 is 12.2 Å². The Balaban J connectivity index is 1.12. The monoisotopic (exact) mass is 722 g/mol. The molecule has 6 rings (SSSR count). The number of H-pyrrole nitrogens is 2. The average molecular weight is 723 g/mol. The molecule has 2 aromatic carbocycles. The van der Waals surface area contributed by atoms with E-state index in [4.69, 9.17) is 14.7 Å². The summed E-state index contributed by atoms with van der Waals surface area (Å²) < 4.78 is 4.74. The summed E-state index contributed by atoms with van der Waals surface area (Å²) in [6, 6.07) is 11.6. The number of nitrogens with one attached hydrogen (secondary N) is 4. The normalized spacial score (nSPS) is 18.2. The first-order valence-electron chi connectivity index (χ1n) is 18.1. The highest BCUT2D eigenvalue weighted by atomic mass is 16.5. The van der Waals surface area contributed by atoms with Crippen molar-refractivity contribution in [1.82, 2.24) is 40.4 Å². The van der Waals surface area contributed by atoms with Gasteiger partial charge in [0.2, 0.25) is 11.8 Å². The molecule has 2 saturated heterocycles. The third-order valence-electron chi connectivity index (χ3n) is 9.94. The van der Waals surface area contributed by atoms with Gasteiger partial charge in [-0.25, -0.2) is 19.6 Å². The maximum absolute atomic E-state index is 13.5. The van der Waals surface area contributed by atoms with Crippen LogP contribution >= 0.6 is 0 Å². The average Bonchev–Trinajstić information content (AvgIpc) is 3.97. The number of benzene rings is 2. The molecule has 0 saturated carbocycles. The summed E-state index contributed by atoms with van der Waals surface area (Å²) in [6.45, 7) is 8.55. The number of carbonyl (C=O) groups excluding carboxylic acids is 3. The molecule has 0 bridgehead atoms. The number of hydrogen-bond donors (Lipinski definition) is 5. The van der Waals surface area contributed by atoms with Crippen LogP contribution in [0.5, 0.6) is 0 Å². The van der Waals surface area contributed by atoms with Crippen LogP contribution in [-0.2, 0) is 14.3 Å². The first-order valence-corrected chi connectivity index (χ1v) is 18.1. The van der Waals surface area contributed by atoms with Gasteiger partial charge in [-0.15, -0.1) is 0 Å². The van der Waals surface area contributed by atoms with Gasteiger partial charge in [-0.05, 0) is 67.9 Å². The molecule has 14 nitrogen and oxygen atoms in total. The fraction of sp³-hybridized carbons (Fsp3) is 0.436. The van der Waals surface area contributed by atoms with E-state index in [1.54, 1.807) is 9.80 Å². The zero-order valence-electron chi connectivity index (χ0n) is 30.6. The standard InChI is InChI=1S/C39H46N8O6/c1-22(2)32(44-38(50)51)36(48)46-18-6-8-30(46)34-40-21-29(43-34)26-15-12-24(13-16-26)10-11-25-14-17-27-28(20-25)42-35(41-27)31-9-7-19-47(31)37(49)33(23(3)4)45-39(52)53-5/h12-17,20-23,30-33,44H,6-9,18-19H2,1-5H3,(H,40,43)(H,41,42)(H,45,52)(H,50,51)/t30-,31-,32-,33-/m0/s1. The quantitative estimate of drug-likeness (QED) is 0.143. The van der Waals surface area contributed by atoms with E-state index in [1.807, 2.05) is 76.4 Å². The fourth-order valence-corrected chi connectivity index (χ4v) is 7.12. The Kier molecular flexibility index (Phi) is 11.0. The molecule has 0 radical (unpaired) electrons. The van der Waals surface area contributed by atoms with Crippen molar-refractivity contribution in [2.75, 3.05) is 20.2 Å². The lowest BCUT2D eigenvalue weighted by Crippen LogP contribution is -2.51. The summed E-state index contributed by atoms with van der Waals surface area (Å²) in [4.78, 5) is 69.9. The lowest BCUT2D eigenvalue weighted by Gasteiger charge is -2.29. The van der Waals surface area contributed by atoms with Gasteiger partial charge in [-0.3, -0.25) is 9.59 Å². The number of hydrogen-bond acceptors (Lipinski definition) is 7. The predicted octanol–water partition coefficient (Wildman–Crippen LogP) is 5.35. The molecule has 4 atom stereocenters. The van der Waals surface area contributed by atoms with Crippen molar-refractivity contribution in [2.45, 2.75) is 77.5 Å². The van der Waals surface area contributed by atoms with E-state index >= 15 is 0 Å². The first kappa shape index (κ1) is 36.9. The highest BCUT2D eigenvalue weighted by Crippen LogP contribution is 2.34. The lowest BCUT2D eigenvalue weighted by molar-refractivity contribution is -0.136. The Labute approximate surface area is 308 Å². The molecule has 4 amide bonds. The minimum Gasteiger partial charge on any atom is -0.465 e. The Hall–Kier alpha value is -5.84. The molecule has 14 heteroatoms. The summed E-state index contributed by atoms with van der Waals surface area (Å²) in [5, 5.41) is 14.3. The van der Waals surface area contributed by atoms with E-state index in [9.17, 15) is 24.3 Å². The Morgan fingerprint density at radius 1 is 0.830 bits per heavy atom. The van der Waals surface area contributed by atoms with Crippen LogP contribution in [0.1, 0.15) is 88.2 Å². The fourth-order valence-electron chi connectivity index (χ4n) is 7.12. The van der Waals surface area contributed by atoms with Crippen molar-refractivity contribution in [3.8, 4) is 23.1 Å². The molecular weight excluding hydrogens is 676 g/mol. The molecule has 2 aliphatic heterocycles. The zero-order chi connectivity index (χ0) is 37.8. The molecule has 278 valence electrons. The lowest BCUT2D eigenvalue weighted by atomic mass is 10.0. The zero-order valence-corrected chi connectivity index (χ0v) is 30.6. The van der Waals surface area contributed by atoms with Crippen molar-refractivity contribution in [3.05, 3.63) is 71.4 Å². The number of ether oxygens (including phenoxy) is 1. The van der Waals surface area contributed by atoms with Gasteiger partial charge < -0.3 is 40.2 Å². The van der Waals surface area contributed by atoms with Crippen molar-refractivity contribution < 1.29 is 29.0 Å². The van der Waals surface area contributed by atoms with Crippen LogP contribution in [-0.4, -0.2) is 91.1 Å². The van der Waals surface area contributed by atoms with Gasteiger partial charge in [0.25, 0.3) is 0 Å². The number of likely N-dealkylation sites (tertiary alicyclic amines) is 2. The number of imidazole rings is 2. The second-order valence-electron chi connectivity index (χ2n) is 14.3. The van der Waals surface area contributed by atoms with Crippen LogP contribution < -0.4 is 10.6 Å². The van der Waals surface area contributed by atoms with E-state index in [0.717, 1.165) is 59.1 Å². The van der Waals surface area contributed by atoms with Crippen LogP contribution in [0.4, 0.5) is 9.59 Å². The number of fused-ring (bicyclic) bond motifs is 1. The van der Waals surface area contributed by atoms with E-state index in [2.05, 4.69) is 32.4 Å². The van der Waals surface area contributed by atoms with Gasteiger partial charge in [-0.1, -0.05) is 51.7 Å². The molecule has 0 unspecified atom stereocenters. The molecule has 2 aromatic heterocycles. The maximum atomic E-state index is 13.5. The topological polar surface area (TPSA) is 186 Å². The molecule has 53 heavy (non-hydrogen) atoms. The number of aromatic nitrogens is 4. The summed E-state index contributed by atoms with van der Waals surface area (Å²) in [7, 11) is 1.28. The number of amides is 4. The largest absolute Gasteiger partial charge is 0.465 e. The van der Waals surface area contributed by atoms with Crippen LogP contribution in [0.2, 0.25) is 0 Å². The van der Waals surface area contributed by atoms with E-state index in [0.29, 0.717) is 24.7 Å². The van der Waals surface area contributed by atoms with Gasteiger partial charge in [0.1, 0.15) is 23.7 Å². The SMILES string of the molecule is COC(=O)N[C@H](C(=O)N1CCC[C@H]1c1nc2ccc(C#Cc3ccc(-c4c[nH]c([C@@H]5CCCN5C(=O)[C@@H](NC(=O)O)C(C)C)n4)cc3)cc2[nH]1)C(C)C. The Morgan fingerprint density at radius 2 is 1.42 bits per heavy atom. The minimum absolute atomic E-state index is 0.115. The second-order valence-corrected chi connectivity index (χ2v) is 14.3. The third kappa shape index (κ3) is 8.14. The van der Waals surface area contributed by atoms with Gasteiger partial charge in [-0.2, -0.15) is 0 Å². The Morgan fingerprint density at radius 3 is 2.02 bits per heavy atom. The van der Waals surface area contributed by atoms with Crippen molar-refractivity contribution in [3.63, 3.8) is 0 Å². The number of alkyl carbamates (subject to hydrolysis) is 1. The molecule has 0 aliphatic carbocycles. The van der Waals surface area contributed by atoms with Crippen LogP contribution in [0.25, 0.3) is 22.3 Å². The molecule has 2 aliphatic rings. The number of methoxy groups -OCH3 is 1. The van der Waals surface area contributed by atoms with Crippen LogP contribution in [0.15, 0.2) is 48.7 Å². The summed E-state index contributed by atoms with van der Waals surface area (Å²) in [5.74, 6) is 7.15. The molecule has 4 aromatic rings. The summed E-state index contributed by atoms with van der Waals surface area (Å²) in [5.41, 5.74) is 4.88. The number of rotatable bonds is 9. The highest BCUT2D eigenvalue weighted by molar-refractivity contribution is 5.87. The van der Waals surface area contributed by atoms with E-state index in [1.165, 1.54) is 7.11 Å². The van der Waals surface area contributed by atoms with Gasteiger partial charge in [0, 0.05) is 36.0 Å². The number of nitrogens with zero attached hydrogens (tertiary/aromatic N) is 4. The first-order chi connectivity index (χ1) is 25.4. The van der Waals surface area contributed by atoms with Crippen molar-refractivity contribution in [2.24, 2.45) is 11.8 Å². The predicted molar refractivity (Wildman–Crippen MR) is 197 cm³/mol. The number of carbonyl (C=O) groups is 4. The molecular formula is C39H46N8O6. The molecule has 5 N–H and O–H groups in total. The van der Waals surface area contributed by atoms with Crippen molar-refractivity contribution >= 4 is 35.0 Å². The summed E-state index contributed by atoms with van der Waals surface area (Å²) >= 11 is 0. The molecule has 4 heterocycles. The van der Waals surface area contributed by atoms with E-state index in [-0.39, 0.29) is 35.7 Å². The van der Waals surface area contributed by atoms with Gasteiger partial charge in [0.15, 0.2) is 0 Å². The van der Waals surface area contributed by atoms with Crippen LogP contribution in [0, 0.1) is 23.7 Å². The second kappa shape index (κ2) is 15.8.